The van der Waals surface area contributed by atoms with Gasteiger partial charge in [0.05, 0.1) is 11.1 Å². The molecule has 0 aliphatic rings. The number of hydrogen-bond acceptors (Lipinski definition) is 4. The van der Waals surface area contributed by atoms with Crippen molar-refractivity contribution in [1.82, 2.24) is 0 Å². The molecule has 0 atom stereocenters. The largest absolute Gasteiger partial charge is 0.478 e. The Morgan fingerprint density at radius 1 is 0.692 bits per heavy atom. The van der Waals surface area contributed by atoms with E-state index in [0.29, 0.717) is 28.2 Å². The number of carboxylic acid groups (broad SMARTS) is 2. The van der Waals surface area contributed by atoms with Gasteiger partial charge in [-0.2, -0.15) is 0 Å². The number of carboxylic acids is 2. The first-order chi connectivity index (χ1) is 18.7. The van der Waals surface area contributed by atoms with E-state index in [4.69, 9.17) is 5.11 Å². The summed E-state index contributed by atoms with van der Waals surface area (Å²) in [5.41, 5.74) is 3.15. The molecule has 194 valence electrons. The normalized spacial score (nSPS) is 10.7. The molecule has 4 aromatic rings. The van der Waals surface area contributed by atoms with Gasteiger partial charge in [0.2, 0.25) is 5.91 Å². The van der Waals surface area contributed by atoms with E-state index >= 15 is 0 Å². The molecule has 0 aliphatic heterocycles. The third-order valence-electron chi connectivity index (χ3n) is 5.87. The second-order valence-electron chi connectivity index (χ2n) is 8.56. The average Bonchev–Trinajstić information content (AvgIpc) is 2.93. The smallest absolute Gasteiger partial charge is 0.336 e. The van der Waals surface area contributed by atoms with Crippen LogP contribution in [0.1, 0.15) is 49.1 Å². The lowest BCUT2D eigenvalue weighted by Crippen LogP contribution is -2.23. The van der Waals surface area contributed by atoms with E-state index < -0.39 is 17.8 Å². The van der Waals surface area contributed by atoms with Crippen LogP contribution in [0.5, 0.6) is 0 Å². The van der Waals surface area contributed by atoms with Gasteiger partial charge in [0, 0.05) is 29.5 Å². The molecule has 0 saturated carbocycles. The zero-order chi connectivity index (χ0) is 27.9. The van der Waals surface area contributed by atoms with Gasteiger partial charge in [-0.15, -0.1) is 0 Å². The number of amides is 2. The highest BCUT2D eigenvalue weighted by Gasteiger charge is 2.17. The molecular formula is C31H24N2O6. The van der Waals surface area contributed by atoms with Crippen LogP contribution in [0.2, 0.25) is 0 Å². The minimum absolute atomic E-state index is 0.0429. The first-order valence-corrected chi connectivity index (χ1v) is 11.9. The van der Waals surface area contributed by atoms with Crippen molar-refractivity contribution in [3.8, 4) is 0 Å². The molecule has 0 heterocycles. The second-order valence-corrected chi connectivity index (χ2v) is 8.56. The van der Waals surface area contributed by atoms with E-state index in [0.717, 1.165) is 5.56 Å². The Kier molecular flexibility index (Phi) is 7.97. The number of benzene rings is 4. The number of anilines is 3. The summed E-state index contributed by atoms with van der Waals surface area (Å²) in [6, 6.07) is 26.3. The van der Waals surface area contributed by atoms with Gasteiger partial charge in [-0.3, -0.25) is 14.5 Å². The van der Waals surface area contributed by atoms with Crippen molar-refractivity contribution in [1.29, 1.82) is 0 Å². The minimum Gasteiger partial charge on any atom is -0.478 e. The van der Waals surface area contributed by atoms with Crippen LogP contribution in [0.3, 0.4) is 0 Å². The maximum Gasteiger partial charge on any atom is 0.336 e. The molecular weight excluding hydrogens is 496 g/mol. The maximum atomic E-state index is 12.9. The fourth-order valence-corrected chi connectivity index (χ4v) is 3.95. The van der Waals surface area contributed by atoms with Crippen molar-refractivity contribution < 1.29 is 29.4 Å². The highest BCUT2D eigenvalue weighted by Crippen LogP contribution is 2.27. The number of hydrogen-bond donors (Lipinski definition) is 3. The zero-order valence-corrected chi connectivity index (χ0v) is 20.9. The Balaban J connectivity index is 1.51. The van der Waals surface area contributed by atoms with Crippen molar-refractivity contribution in [2.45, 2.75) is 6.92 Å². The van der Waals surface area contributed by atoms with Crippen LogP contribution in [0.25, 0.3) is 12.2 Å². The van der Waals surface area contributed by atoms with Crippen molar-refractivity contribution >= 4 is 53.0 Å². The predicted molar refractivity (Wildman–Crippen MR) is 149 cm³/mol. The van der Waals surface area contributed by atoms with Gasteiger partial charge >= 0.3 is 11.9 Å². The van der Waals surface area contributed by atoms with Crippen molar-refractivity contribution in [3.63, 3.8) is 0 Å². The summed E-state index contributed by atoms with van der Waals surface area (Å²) >= 11 is 0. The quantitative estimate of drug-likeness (QED) is 0.238. The van der Waals surface area contributed by atoms with E-state index in [1.165, 1.54) is 42.2 Å². The van der Waals surface area contributed by atoms with E-state index in [-0.39, 0.29) is 17.0 Å². The highest BCUT2D eigenvalue weighted by atomic mass is 16.4. The van der Waals surface area contributed by atoms with Crippen molar-refractivity contribution in [2.75, 3.05) is 10.2 Å². The molecule has 4 rings (SSSR count). The SMILES string of the molecule is CC(=O)N(c1ccc(C(=O)O)cc1)c1ccc(C(=O)Nc2ccc(/C=C/c3ccccc3)c(C(=O)O)c2)cc1. The molecule has 0 spiro atoms. The number of carbonyl (C=O) groups is 4. The van der Waals surface area contributed by atoms with Crippen molar-refractivity contribution in [2.24, 2.45) is 0 Å². The lowest BCUT2D eigenvalue weighted by atomic mass is 10.0. The van der Waals surface area contributed by atoms with Gasteiger partial charge in [0.1, 0.15) is 0 Å². The van der Waals surface area contributed by atoms with Crippen LogP contribution in [-0.2, 0) is 4.79 Å². The summed E-state index contributed by atoms with van der Waals surface area (Å²) in [7, 11) is 0. The van der Waals surface area contributed by atoms with Crippen LogP contribution >= 0.6 is 0 Å². The van der Waals surface area contributed by atoms with Gasteiger partial charge in [-0.25, -0.2) is 9.59 Å². The molecule has 39 heavy (non-hydrogen) atoms. The third-order valence-corrected chi connectivity index (χ3v) is 5.87. The van der Waals surface area contributed by atoms with Gasteiger partial charge in [-0.1, -0.05) is 48.6 Å². The lowest BCUT2D eigenvalue weighted by molar-refractivity contribution is -0.115. The minimum atomic E-state index is -1.12. The summed E-state index contributed by atoms with van der Waals surface area (Å²) in [4.78, 5) is 49.6. The number of carbonyl (C=O) groups excluding carboxylic acids is 2. The summed E-state index contributed by atoms with van der Waals surface area (Å²) in [5, 5.41) is 21.5. The van der Waals surface area contributed by atoms with E-state index in [9.17, 15) is 24.3 Å². The Morgan fingerprint density at radius 3 is 1.82 bits per heavy atom. The van der Waals surface area contributed by atoms with Crippen LogP contribution in [0.15, 0.2) is 97.1 Å². The Hall–Kier alpha value is -5.50. The molecule has 0 unspecified atom stereocenters. The Labute approximate surface area is 224 Å². The monoisotopic (exact) mass is 520 g/mol. The molecule has 8 nitrogen and oxygen atoms in total. The molecule has 2 amide bonds. The van der Waals surface area contributed by atoms with Crippen LogP contribution < -0.4 is 10.2 Å². The highest BCUT2D eigenvalue weighted by molar-refractivity contribution is 6.06. The van der Waals surface area contributed by atoms with Crippen LogP contribution in [0.4, 0.5) is 17.1 Å². The molecule has 0 saturated heterocycles. The molecule has 0 fully saturated rings. The maximum absolute atomic E-state index is 12.9. The molecule has 0 radical (unpaired) electrons. The average molecular weight is 521 g/mol. The van der Waals surface area contributed by atoms with Gasteiger partial charge in [0.25, 0.3) is 5.91 Å². The van der Waals surface area contributed by atoms with Gasteiger partial charge in [0.15, 0.2) is 0 Å². The fraction of sp³-hybridized carbons (Fsp3) is 0.0323. The number of rotatable bonds is 8. The van der Waals surface area contributed by atoms with Crippen LogP contribution in [-0.4, -0.2) is 34.0 Å². The molecule has 0 bridgehead atoms. The summed E-state index contributed by atoms with van der Waals surface area (Å²) < 4.78 is 0. The van der Waals surface area contributed by atoms with Gasteiger partial charge in [-0.05, 0) is 71.8 Å². The first-order valence-electron chi connectivity index (χ1n) is 11.9. The van der Waals surface area contributed by atoms with Crippen LogP contribution in [0, 0.1) is 0 Å². The molecule has 0 aliphatic carbocycles. The van der Waals surface area contributed by atoms with E-state index in [2.05, 4.69) is 5.32 Å². The number of aromatic carboxylic acids is 2. The Bertz CT molecular complexity index is 1560. The lowest BCUT2D eigenvalue weighted by Gasteiger charge is -2.21. The number of nitrogens with zero attached hydrogens (tertiary/aromatic N) is 1. The summed E-state index contributed by atoms with van der Waals surface area (Å²) in [5.74, 6) is -2.94. The third kappa shape index (κ3) is 6.44. The Morgan fingerprint density at radius 2 is 1.28 bits per heavy atom. The van der Waals surface area contributed by atoms with E-state index in [1.807, 2.05) is 36.4 Å². The fourth-order valence-electron chi connectivity index (χ4n) is 3.95. The van der Waals surface area contributed by atoms with Crippen molar-refractivity contribution in [3.05, 3.63) is 125 Å². The summed E-state index contributed by atoms with van der Waals surface area (Å²) in [6.07, 6.45) is 3.52. The zero-order valence-electron chi connectivity index (χ0n) is 20.9. The van der Waals surface area contributed by atoms with Gasteiger partial charge < -0.3 is 15.5 Å². The topological polar surface area (TPSA) is 124 Å². The summed E-state index contributed by atoms with van der Waals surface area (Å²) in [6.45, 7) is 1.38. The standard InChI is InChI=1S/C31H24N2O6/c1-20(34)33(27-17-12-24(13-18-27)30(36)37)26-15-10-23(11-16-26)29(35)32-25-14-9-22(28(19-25)31(38)39)8-7-21-5-3-2-4-6-21/h2-19H,1H3,(H,32,35)(H,36,37)(H,38,39)/b8-7+. The molecule has 0 aromatic heterocycles. The predicted octanol–water partition coefficient (Wildman–Crippen LogP) is 6.19. The first kappa shape index (κ1) is 26.6. The van der Waals surface area contributed by atoms with E-state index in [1.54, 1.807) is 42.5 Å². The molecule has 4 aromatic carbocycles. The molecule has 8 heteroatoms. The second kappa shape index (κ2) is 11.7. The molecule has 3 N–H and O–H groups in total. The number of nitrogens with one attached hydrogen (secondary N) is 1.